The van der Waals surface area contributed by atoms with E-state index in [4.69, 9.17) is 9.47 Å². The topological polar surface area (TPSA) is 84.9 Å². The molecule has 2 aromatic carbocycles. The van der Waals surface area contributed by atoms with Gasteiger partial charge in [0.05, 0.1) is 24.2 Å². The molecule has 0 saturated carbocycles. The van der Waals surface area contributed by atoms with E-state index in [1.807, 2.05) is 44.2 Å². The lowest BCUT2D eigenvalue weighted by Crippen LogP contribution is -2.54. The second-order valence-electron chi connectivity index (χ2n) is 7.67. The van der Waals surface area contributed by atoms with Crippen molar-refractivity contribution in [2.45, 2.75) is 43.7 Å². The predicted octanol–water partition coefficient (Wildman–Crippen LogP) is 3.07. The van der Waals surface area contributed by atoms with Crippen LogP contribution >= 0.6 is 0 Å². The lowest BCUT2D eigenvalue weighted by atomic mass is 10.1. The maximum atomic E-state index is 12.6. The lowest BCUT2D eigenvalue weighted by molar-refractivity contribution is -0.0449. The molecule has 0 aromatic heterocycles. The fraction of sp³-hybridized carbons (Fsp3) is 0.435. The van der Waals surface area contributed by atoms with Crippen LogP contribution in [0.2, 0.25) is 0 Å². The van der Waals surface area contributed by atoms with Crippen molar-refractivity contribution in [3.63, 3.8) is 0 Å². The summed E-state index contributed by atoms with van der Waals surface area (Å²) in [6, 6.07) is 15.6. The van der Waals surface area contributed by atoms with Crippen LogP contribution in [0.1, 0.15) is 37.0 Å². The van der Waals surface area contributed by atoms with Crippen LogP contribution in [0.25, 0.3) is 0 Å². The molecular formula is C23H30N2O5S. The molecular weight excluding hydrogens is 416 g/mol. The smallest absolute Gasteiger partial charge is 0.254 e. The van der Waals surface area contributed by atoms with Gasteiger partial charge in [-0.1, -0.05) is 25.1 Å². The van der Waals surface area contributed by atoms with E-state index in [1.165, 1.54) is 12.1 Å². The first-order chi connectivity index (χ1) is 14.9. The van der Waals surface area contributed by atoms with Gasteiger partial charge in [-0.15, -0.1) is 0 Å². The highest BCUT2D eigenvalue weighted by molar-refractivity contribution is 7.89. The minimum absolute atomic E-state index is 0.0278. The third-order valence-electron chi connectivity index (χ3n) is 5.17. The summed E-state index contributed by atoms with van der Waals surface area (Å²) in [6.07, 6.45) is 1.51. The van der Waals surface area contributed by atoms with Crippen molar-refractivity contribution < 1.29 is 22.7 Å². The quantitative estimate of drug-likeness (QED) is 0.536. The molecule has 1 amide bonds. The predicted molar refractivity (Wildman–Crippen MR) is 119 cm³/mol. The molecule has 3 rings (SSSR count). The van der Waals surface area contributed by atoms with E-state index in [0.29, 0.717) is 38.3 Å². The Morgan fingerprint density at radius 1 is 1.10 bits per heavy atom. The summed E-state index contributed by atoms with van der Waals surface area (Å²) in [5.74, 6) is 0.725. The van der Waals surface area contributed by atoms with Gasteiger partial charge in [0.2, 0.25) is 10.0 Å². The summed E-state index contributed by atoms with van der Waals surface area (Å²) < 4.78 is 38.7. The summed E-state index contributed by atoms with van der Waals surface area (Å²) in [6.45, 7) is 5.96. The first-order valence-electron chi connectivity index (χ1n) is 10.6. The fourth-order valence-electron chi connectivity index (χ4n) is 3.10. The van der Waals surface area contributed by atoms with Crippen molar-refractivity contribution in [3.8, 4) is 5.75 Å². The van der Waals surface area contributed by atoms with E-state index >= 15 is 0 Å². The summed E-state index contributed by atoms with van der Waals surface area (Å²) in [7, 11) is -3.57. The summed E-state index contributed by atoms with van der Waals surface area (Å²) in [4.78, 5) is 14.4. The number of para-hydroxylation sites is 1. The third-order valence-corrected chi connectivity index (χ3v) is 6.78. The zero-order valence-electron chi connectivity index (χ0n) is 18.0. The van der Waals surface area contributed by atoms with Gasteiger partial charge < -0.3 is 14.4 Å². The molecule has 2 aromatic rings. The number of ether oxygens (including phenoxy) is 2. The van der Waals surface area contributed by atoms with E-state index in [2.05, 4.69) is 4.72 Å². The van der Waals surface area contributed by atoms with Crippen molar-refractivity contribution in [2.24, 2.45) is 0 Å². The molecule has 0 spiro atoms. The maximum absolute atomic E-state index is 12.6. The van der Waals surface area contributed by atoms with Crippen LogP contribution in [0, 0.1) is 0 Å². The first-order valence-corrected chi connectivity index (χ1v) is 12.1. The molecule has 1 aliphatic rings. The molecule has 1 aliphatic heterocycles. The van der Waals surface area contributed by atoms with Gasteiger partial charge in [0, 0.05) is 31.1 Å². The summed E-state index contributed by atoms with van der Waals surface area (Å²) in [5.41, 5.74) is 0.470. The van der Waals surface area contributed by atoms with E-state index in [-0.39, 0.29) is 22.9 Å². The number of hydrogen-bond donors (Lipinski definition) is 1. The Hall–Kier alpha value is -2.42. The van der Waals surface area contributed by atoms with E-state index in [1.54, 1.807) is 17.0 Å². The lowest BCUT2D eigenvalue weighted by Gasteiger charge is -2.39. The molecule has 1 fully saturated rings. The van der Waals surface area contributed by atoms with Crippen LogP contribution in [0.4, 0.5) is 0 Å². The zero-order chi connectivity index (χ0) is 22.3. The molecule has 1 atom stereocenters. The number of rotatable bonds is 11. The monoisotopic (exact) mass is 446 g/mol. The summed E-state index contributed by atoms with van der Waals surface area (Å²) >= 11 is 0. The Balaban J connectivity index is 1.38. The average molecular weight is 447 g/mol. The van der Waals surface area contributed by atoms with Gasteiger partial charge in [-0.2, -0.15) is 0 Å². The number of nitrogens with zero attached hydrogens (tertiary/aromatic N) is 1. The standard InChI is InChI=1S/C23H30N2O5S/c1-3-18(2)24-31(27,28)22-12-10-19(11-13-22)23(26)25-16-21(17-25)30-15-7-14-29-20-8-5-4-6-9-20/h4-6,8-13,18,21,24H,3,7,14-17H2,1-2H3. The van der Waals surface area contributed by atoms with Crippen LogP contribution in [0.3, 0.4) is 0 Å². The van der Waals surface area contributed by atoms with Crippen LogP contribution in [-0.2, 0) is 14.8 Å². The van der Waals surface area contributed by atoms with Crippen LogP contribution in [-0.4, -0.2) is 57.7 Å². The van der Waals surface area contributed by atoms with E-state index in [0.717, 1.165) is 12.2 Å². The Labute approximate surface area is 184 Å². The number of nitrogens with one attached hydrogen (secondary N) is 1. The molecule has 8 heteroatoms. The minimum atomic E-state index is -3.57. The summed E-state index contributed by atoms with van der Waals surface area (Å²) in [5, 5.41) is 0. The Kier molecular flexibility index (Phi) is 8.06. The van der Waals surface area contributed by atoms with Crippen molar-refractivity contribution in [2.75, 3.05) is 26.3 Å². The molecule has 0 radical (unpaired) electrons. The van der Waals surface area contributed by atoms with Crippen LogP contribution < -0.4 is 9.46 Å². The third kappa shape index (κ3) is 6.53. The van der Waals surface area contributed by atoms with Gasteiger partial charge in [-0.3, -0.25) is 4.79 Å². The first kappa shape index (κ1) is 23.2. The van der Waals surface area contributed by atoms with Crippen molar-refractivity contribution in [3.05, 3.63) is 60.2 Å². The SMILES string of the molecule is CCC(C)NS(=O)(=O)c1ccc(C(=O)N2CC(OCCCOc3ccccc3)C2)cc1. The Morgan fingerprint density at radius 3 is 2.42 bits per heavy atom. The van der Waals surface area contributed by atoms with Crippen molar-refractivity contribution in [1.29, 1.82) is 0 Å². The number of benzene rings is 2. The normalized spacial score (nSPS) is 15.4. The van der Waals surface area contributed by atoms with Gasteiger partial charge in [0.1, 0.15) is 5.75 Å². The highest BCUT2D eigenvalue weighted by atomic mass is 32.2. The number of amides is 1. The van der Waals surface area contributed by atoms with Crippen LogP contribution in [0.15, 0.2) is 59.5 Å². The van der Waals surface area contributed by atoms with Gasteiger partial charge in [0.15, 0.2) is 0 Å². The number of carbonyl (C=O) groups is 1. The zero-order valence-corrected chi connectivity index (χ0v) is 18.8. The number of hydrogen-bond acceptors (Lipinski definition) is 5. The molecule has 1 unspecified atom stereocenters. The van der Waals surface area contributed by atoms with Crippen molar-refractivity contribution in [1.82, 2.24) is 9.62 Å². The van der Waals surface area contributed by atoms with Gasteiger partial charge in [-0.25, -0.2) is 13.1 Å². The van der Waals surface area contributed by atoms with Gasteiger partial charge in [0.25, 0.3) is 5.91 Å². The molecule has 0 aliphatic carbocycles. The molecule has 1 heterocycles. The molecule has 168 valence electrons. The minimum Gasteiger partial charge on any atom is -0.494 e. The van der Waals surface area contributed by atoms with Crippen molar-refractivity contribution >= 4 is 15.9 Å². The van der Waals surface area contributed by atoms with Crippen LogP contribution in [0.5, 0.6) is 5.75 Å². The molecule has 31 heavy (non-hydrogen) atoms. The molecule has 7 nitrogen and oxygen atoms in total. The second kappa shape index (κ2) is 10.7. The van der Waals surface area contributed by atoms with E-state index in [9.17, 15) is 13.2 Å². The Bertz CT molecular complexity index is 942. The Morgan fingerprint density at radius 2 is 1.77 bits per heavy atom. The maximum Gasteiger partial charge on any atom is 0.254 e. The van der Waals surface area contributed by atoms with Gasteiger partial charge >= 0.3 is 0 Å². The molecule has 0 bridgehead atoms. The number of carbonyl (C=O) groups excluding carboxylic acids is 1. The number of sulfonamides is 1. The highest BCUT2D eigenvalue weighted by Gasteiger charge is 2.32. The highest BCUT2D eigenvalue weighted by Crippen LogP contribution is 2.18. The average Bonchev–Trinajstić information content (AvgIpc) is 2.75. The largest absolute Gasteiger partial charge is 0.494 e. The van der Waals surface area contributed by atoms with E-state index < -0.39 is 10.0 Å². The molecule has 1 saturated heterocycles. The fourth-order valence-corrected chi connectivity index (χ4v) is 4.43. The second-order valence-corrected chi connectivity index (χ2v) is 9.39. The molecule has 1 N–H and O–H groups in total. The van der Waals surface area contributed by atoms with Gasteiger partial charge in [-0.05, 0) is 49.7 Å². The number of likely N-dealkylation sites (tertiary alicyclic amines) is 1.